The number of hydrogen-bond donors (Lipinski definition) is 1. The van der Waals surface area contributed by atoms with Crippen LogP contribution in [0.4, 0.5) is 5.69 Å². The number of nitrogens with two attached hydrogens (primary N) is 1. The Balaban J connectivity index is 3.19. The zero-order valence-electron chi connectivity index (χ0n) is 13.2. The minimum absolute atomic E-state index is 0.170. The van der Waals surface area contributed by atoms with Crippen molar-refractivity contribution in [3.8, 4) is 0 Å². The Hall–Kier alpha value is -0.780. The fraction of sp³-hybridized carbons (Fsp3) is 0.600. The third kappa shape index (κ3) is 4.11. The molecule has 1 aromatic carbocycles. The summed E-state index contributed by atoms with van der Waals surface area (Å²) in [6.45, 7) is 8.74. The van der Waals surface area contributed by atoms with Gasteiger partial charge in [-0.15, -0.1) is 0 Å². The van der Waals surface area contributed by atoms with Gasteiger partial charge in [0.1, 0.15) is 0 Å². The maximum atomic E-state index is 12.8. The van der Waals surface area contributed by atoms with Crippen LogP contribution >= 0.6 is 11.6 Å². The van der Waals surface area contributed by atoms with E-state index in [0.29, 0.717) is 35.3 Å². The van der Waals surface area contributed by atoms with Crippen molar-refractivity contribution in [3.05, 3.63) is 22.7 Å². The van der Waals surface area contributed by atoms with E-state index < -0.39 is 10.0 Å². The first kappa shape index (κ1) is 18.3. The Morgan fingerprint density at radius 2 is 1.81 bits per heavy atom. The molecule has 2 N–H and O–H groups in total. The van der Waals surface area contributed by atoms with Crippen molar-refractivity contribution in [1.29, 1.82) is 0 Å². The summed E-state index contributed by atoms with van der Waals surface area (Å²) in [6, 6.07) is 2.98. The first-order chi connectivity index (χ1) is 9.77. The van der Waals surface area contributed by atoms with Crippen molar-refractivity contribution in [2.24, 2.45) is 5.92 Å². The van der Waals surface area contributed by atoms with Gasteiger partial charge in [0.05, 0.1) is 4.90 Å². The van der Waals surface area contributed by atoms with Gasteiger partial charge in [-0.05, 0) is 30.5 Å². The Bertz CT molecular complexity index is 560. The van der Waals surface area contributed by atoms with Crippen LogP contribution < -0.4 is 5.73 Å². The molecule has 1 aromatic rings. The van der Waals surface area contributed by atoms with Crippen molar-refractivity contribution >= 4 is 27.3 Å². The van der Waals surface area contributed by atoms with Gasteiger partial charge in [-0.25, -0.2) is 8.42 Å². The third-order valence-electron chi connectivity index (χ3n) is 3.97. The number of rotatable bonds is 7. The van der Waals surface area contributed by atoms with E-state index in [1.165, 1.54) is 16.4 Å². The summed E-state index contributed by atoms with van der Waals surface area (Å²) in [5.41, 5.74) is 6.96. The van der Waals surface area contributed by atoms with Crippen LogP contribution in [0.1, 0.15) is 39.2 Å². The van der Waals surface area contributed by atoms with E-state index in [1.54, 1.807) is 6.92 Å². The molecule has 0 spiro atoms. The average molecular weight is 333 g/mol. The highest BCUT2D eigenvalue weighted by molar-refractivity contribution is 7.89. The summed E-state index contributed by atoms with van der Waals surface area (Å²) in [4.78, 5) is 0.170. The molecule has 0 atom stereocenters. The second-order valence-corrected chi connectivity index (χ2v) is 7.60. The summed E-state index contributed by atoms with van der Waals surface area (Å²) in [5, 5.41) is 0.382. The lowest BCUT2D eigenvalue weighted by molar-refractivity contribution is 0.339. The second kappa shape index (κ2) is 7.47. The molecule has 0 aliphatic carbocycles. The standard InChI is InChI=1S/C15H25ClN2O2S/c1-5-12(6-2)10-18(7-3)21(19,20)13-8-14(16)11(4)15(17)9-13/h8-9,12H,5-7,10,17H2,1-4H3. The number of sulfonamides is 1. The molecule has 0 fully saturated rings. The van der Waals surface area contributed by atoms with E-state index >= 15 is 0 Å². The predicted molar refractivity (Wildman–Crippen MR) is 89.1 cm³/mol. The SMILES string of the molecule is CCC(CC)CN(CC)S(=O)(=O)c1cc(N)c(C)c(Cl)c1. The molecule has 0 unspecified atom stereocenters. The minimum Gasteiger partial charge on any atom is -0.398 e. The highest BCUT2D eigenvalue weighted by atomic mass is 35.5. The van der Waals surface area contributed by atoms with Gasteiger partial charge in [0, 0.05) is 23.8 Å². The molecule has 0 saturated heterocycles. The van der Waals surface area contributed by atoms with Crippen molar-refractivity contribution in [2.75, 3.05) is 18.8 Å². The quantitative estimate of drug-likeness (QED) is 0.775. The molecule has 0 radical (unpaired) electrons. The molecule has 1 rings (SSSR count). The van der Waals surface area contributed by atoms with E-state index in [9.17, 15) is 8.42 Å². The fourth-order valence-electron chi connectivity index (χ4n) is 2.20. The number of anilines is 1. The molecule has 0 amide bonds. The van der Waals surface area contributed by atoms with E-state index in [4.69, 9.17) is 17.3 Å². The lowest BCUT2D eigenvalue weighted by Gasteiger charge is -2.25. The van der Waals surface area contributed by atoms with Gasteiger partial charge in [-0.1, -0.05) is 45.2 Å². The first-order valence-corrected chi connectivity index (χ1v) is 9.15. The summed E-state index contributed by atoms with van der Waals surface area (Å²) < 4.78 is 27.0. The van der Waals surface area contributed by atoms with Crippen molar-refractivity contribution in [1.82, 2.24) is 4.31 Å². The first-order valence-electron chi connectivity index (χ1n) is 7.33. The molecule has 0 aliphatic rings. The maximum absolute atomic E-state index is 12.8. The monoisotopic (exact) mass is 332 g/mol. The molecule has 0 aliphatic heterocycles. The molecule has 0 bridgehead atoms. The number of hydrogen-bond acceptors (Lipinski definition) is 3. The molecule has 4 nitrogen and oxygen atoms in total. The van der Waals surface area contributed by atoms with Crippen LogP contribution in [0, 0.1) is 12.8 Å². The zero-order chi connectivity index (χ0) is 16.2. The molecule has 21 heavy (non-hydrogen) atoms. The largest absolute Gasteiger partial charge is 0.398 e. The molecule has 0 heterocycles. The number of nitrogen functional groups attached to an aromatic ring is 1. The number of benzene rings is 1. The molecule has 0 aromatic heterocycles. The van der Waals surface area contributed by atoms with Crippen LogP contribution in [-0.2, 0) is 10.0 Å². The van der Waals surface area contributed by atoms with Crippen LogP contribution in [0.2, 0.25) is 5.02 Å². The molecule has 120 valence electrons. The molecular formula is C15H25ClN2O2S. The third-order valence-corrected chi connectivity index (χ3v) is 6.28. The lowest BCUT2D eigenvalue weighted by atomic mass is 10.0. The van der Waals surface area contributed by atoms with Gasteiger partial charge >= 0.3 is 0 Å². The summed E-state index contributed by atoms with van der Waals surface area (Å²) >= 11 is 6.07. The van der Waals surface area contributed by atoms with Crippen LogP contribution in [0.15, 0.2) is 17.0 Å². The van der Waals surface area contributed by atoms with Crippen LogP contribution in [0.25, 0.3) is 0 Å². The summed E-state index contributed by atoms with van der Waals surface area (Å²) in [5.74, 6) is 0.359. The van der Waals surface area contributed by atoms with Crippen molar-refractivity contribution < 1.29 is 8.42 Å². The van der Waals surface area contributed by atoms with Crippen molar-refractivity contribution in [3.63, 3.8) is 0 Å². The maximum Gasteiger partial charge on any atom is 0.243 e. The summed E-state index contributed by atoms with van der Waals surface area (Å²) in [6.07, 6.45) is 1.92. The van der Waals surface area contributed by atoms with Gasteiger partial charge in [0.2, 0.25) is 10.0 Å². The van der Waals surface area contributed by atoms with Gasteiger partial charge in [0.15, 0.2) is 0 Å². The zero-order valence-corrected chi connectivity index (χ0v) is 14.8. The van der Waals surface area contributed by atoms with E-state index in [2.05, 4.69) is 13.8 Å². The smallest absolute Gasteiger partial charge is 0.243 e. The average Bonchev–Trinajstić information content (AvgIpc) is 2.45. The predicted octanol–water partition coefficient (Wildman–Crippen LogP) is 3.68. The van der Waals surface area contributed by atoms with Crippen molar-refractivity contribution in [2.45, 2.75) is 45.4 Å². The van der Waals surface area contributed by atoms with Gasteiger partial charge < -0.3 is 5.73 Å². The molecular weight excluding hydrogens is 308 g/mol. The minimum atomic E-state index is -3.56. The van der Waals surface area contributed by atoms with E-state index in [-0.39, 0.29) is 4.90 Å². The normalized spacial score (nSPS) is 12.3. The van der Waals surface area contributed by atoms with Gasteiger partial charge in [-0.3, -0.25) is 0 Å². The highest BCUT2D eigenvalue weighted by Crippen LogP contribution is 2.28. The topological polar surface area (TPSA) is 63.4 Å². The Morgan fingerprint density at radius 3 is 2.24 bits per heavy atom. The van der Waals surface area contributed by atoms with Crippen LogP contribution in [0.3, 0.4) is 0 Å². The fourth-order valence-corrected chi connectivity index (χ4v) is 4.08. The van der Waals surface area contributed by atoms with Gasteiger partial charge in [-0.2, -0.15) is 4.31 Å². The van der Waals surface area contributed by atoms with Crippen LogP contribution in [-0.4, -0.2) is 25.8 Å². The number of nitrogens with zero attached hydrogens (tertiary/aromatic N) is 1. The Labute approximate surface area is 133 Å². The van der Waals surface area contributed by atoms with E-state index in [0.717, 1.165) is 12.8 Å². The highest BCUT2D eigenvalue weighted by Gasteiger charge is 2.26. The van der Waals surface area contributed by atoms with Crippen LogP contribution in [0.5, 0.6) is 0 Å². The molecule has 6 heteroatoms. The Kier molecular flexibility index (Phi) is 6.50. The molecule has 0 saturated carbocycles. The second-order valence-electron chi connectivity index (χ2n) is 5.26. The lowest BCUT2D eigenvalue weighted by Crippen LogP contribution is -2.35. The van der Waals surface area contributed by atoms with E-state index in [1.807, 2.05) is 6.92 Å². The summed E-state index contributed by atoms with van der Waals surface area (Å²) in [7, 11) is -3.56. The number of halogens is 1. The van der Waals surface area contributed by atoms with Gasteiger partial charge in [0.25, 0.3) is 0 Å². The Morgan fingerprint density at radius 1 is 1.24 bits per heavy atom.